The Morgan fingerprint density at radius 3 is 2.30 bits per heavy atom. The highest BCUT2D eigenvalue weighted by Gasteiger charge is 2.07. The maximum absolute atomic E-state index is 13.0. The fraction of sp³-hybridized carbons (Fsp3) is 0. The fourth-order valence-corrected chi connectivity index (χ4v) is 4.16. The SMILES string of the molecule is O=C(/C=C/c1cc(/C=C/c2ccc(Br)cc2)c2ccccc2n1)c1cccc2ccccc12. The van der Waals surface area contributed by atoms with Gasteiger partial charge in [0, 0.05) is 15.4 Å². The van der Waals surface area contributed by atoms with E-state index in [1.807, 2.05) is 78.9 Å². The first kappa shape index (κ1) is 21.0. The molecule has 0 unspecified atom stereocenters. The van der Waals surface area contributed by atoms with Gasteiger partial charge < -0.3 is 0 Å². The van der Waals surface area contributed by atoms with Crippen LogP contribution in [0.2, 0.25) is 0 Å². The van der Waals surface area contributed by atoms with E-state index >= 15 is 0 Å². The van der Waals surface area contributed by atoms with E-state index in [9.17, 15) is 4.79 Å². The Labute approximate surface area is 201 Å². The van der Waals surface area contributed by atoms with Crippen molar-refractivity contribution in [2.45, 2.75) is 0 Å². The third-order valence-electron chi connectivity index (χ3n) is 5.55. The molecule has 4 aromatic carbocycles. The Kier molecular flexibility index (Phi) is 5.97. The van der Waals surface area contributed by atoms with Crippen molar-refractivity contribution in [2.75, 3.05) is 0 Å². The number of ketones is 1. The number of rotatable bonds is 5. The van der Waals surface area contributed by atoms with E-state index in [1.54, 1.807) is 12.2 Å². The molecular weight excluding hydrogens is 470 g/mol. The van der Waals surface area contributed by atoms with Gasteiger partial charge in [0.15, 0.2) is 5.78 Å². The average molecular weight is 490 g/mol. The lowest BCUT2D eigenvalue weighted by molar-refractivity contribution is 0.104. The molecule has 0 aliphatic heterocycles. The van der Waals surface area contributed by atoms with Crippen LogP contribution in [0.1, 0.15) is 27.2 Å². The number of benzene rings is 4. The summed E-state index contributed by atoms with van der Waals surface area (Å²) in [7, 11) is 0. The molecule has 158 valence electrons. The van der Waals surface area contributed by atoms with Gasteiger partial charge in [0.1, 0.15) is 0 Å². The lowest BCUT2D eigenvalue weighted by Gasteiger charge is -2.05. The molecule has 0 aliphatic carbocycles. The maximum atomic E-state index is 13.0. The molecule has 5 rings (SSSR count). The number of hydrogen-bond donors (Lipinski definition) is 0. The summed E-state index contributed by atoms with van der Waals surface area (Å²) >= 11 is 3.47. The summed E-state index contributed by atoms with van der Waals surface area (Å²) in [5.41, 5.74) is 4.51. The molecule has 1 heterocycles. The fourth-order valence-electron chi connectivity index (χ4n) is 3.90. The summed E-state index contributed by atoms with van der Waals surface area (Å²) < 4.78 is 1.05. The van der Waals surface area contributed by atoms with Crippen LogP contribution in [-0.4, -0.2) is 10.8 Å². The lowest BCUT2D eigenvalue weighted by Crippen LogP contribution is -1.96. The van der Waals surface area contributed by atoms with Crippen molar-refractivity contribution < 1.29 is 4.79 Å². The Morgan fingerprint density at radius 2 is 1.45 bits per heavy atom. The Morgan fingerprint density at radius 1 is 0.727 bits per heavy atom. The van der Waals surface area contributed by atoms with Crippen molar-refractivity contribution in [3.05, 3.63) is 130 Å². The van der Waals surface area contributed by atoms with E-state index in [-0.39, 0.29) is 5.78 Å². The molecule has 0 fully saturated rings. The third kappa shape index (κ3) is 4.69. The van der Waals surface area contributed by atoms with E-state index < -0.39 is 0 Å². The van der Waals surface area contributed by atoms with Crippen LogP contribution >= 0.6 is 15.9 Å². The highest BCUT2D eigenvalue weighted by Crippen LogP contribution is 2.23. The molecule has 0 spiro atoms. The zero-order valence-electron chi connectivity index (χ0n) is 17.8. The Hall–Kier alpha value is -3.82. The van der Waals surface area contributed by atoms with Crippen molar-refractivity contribution in [1.29, 1.82) is 0 Å². The number of carbonyl (C=O) groups excluding carboxylic acids is 1. The van der Waals surface area contributed by atoms with Gasteiger partial charge in [0.05, 0.1) is 11.2 Å². The summed E-state index contributed by atoms with van der Waals surface area (Å²) in [6.45, 7) is 0. The molecule has 0 bridgehead atoms. The Bertz CT molecular complexity index is 1530. The van der Waals surface area contributed by atoms with Gasteiger partial charge in [-0.3, -0.25) is 4.79 Å². The zero-order chi connectivity index (χ0) is 22.6. The first-order chi connectivity index (χ1) is 16.2. The molecule has 0 saturated carbocycles. The van der Waals surface area contributed by atoms with Gasteiger partial charge in [0.25, 0.3) is 0 Å². The minimum Gasteiger partial charge on any atom is -0.289 e. The largest absolute Gasteiger partial charge is 0.289 e. The normalized spacial score (nSPS) is 11.7. The smallest absolute Gasteiger partial charge is 0.186 e. The molecule has 0 atom stereocenters. The summed E-state index contributed by atoms with van der Waals surface area (Å²) in [4.78, 5) is 17.7. The minimum absolute atomic E-state index is 0.0336. The van der Waals surface area contributed by atoms with Gasteiger partial charge in [-0.05, 0) is 58.3 Å². The summed E-state index contributed by atoms with van der Waals surface area (Å²) in [5, 5.41) is 3.09. The molecule has 3 heteroatoms. The molecule has 5 aromatic rings. The van der Waals surface area contributed by atoms with Crippen molar-refractivity contribution >= 4 is 61.6 Å². The predicted molar refractivity (Wildman–Crippen MR) is 142 cm³/mol. The predicted octanol–water partition coefficient (Wildman–Crippen LogP) is 8.22. The number of nitrogens with zero attached hydrogens (tertiary/aromatic N) is 1. The van der Waals surface area contributed by atoms with Crippen molar-refractivity contribution in [1.82, 2.24) is 4.98 Å². The second kappa shape index (κ2) is 9.35. The van der Waals surface area contributed by atoms with Gasteiger partial charge in [-0.25, -0.2) is 4.98 Å². The van der Waals surface area contributed by atoms with Crippen molar-refractivity contribution in [2.24, 2.45) is 0 Å². The third-order valence-corrected chi connectivity index (χ3v) is 6.08. The second-order valence-corrected chi connectivity index (χ2v) is 8.68. The molecular formula is C30H20BrNO. The van der Waals surface area contributed by atoms with Crippen LogP contribution in [0.25, 0.3) is 39.9 Å². The highest BCUT2D eigenvalue weighted by molar-refractivity contribution is 9.10. The van der Waals surface area contributed by atoms with Crippen LogP contribution in [0.3, 0.4) is 0 Å². The van der Waals surface area contributed by atoms with Gasteiger partial charge in [0.2, 0.25) is 0 Å². The van der Waals surface area contributed by atoms with Crippen LogP contribution in [0.15, 0.2) is 108 Å². The van der Waals surface area contributed by atoms with Gasteiger partial charge in [-0.2, -0.15) is 0 Å². The van der Waals surface area contributed by atoms with Gasteiger partial charge in [-0.1, -0.05) is 101 Å². The van der Waals surface area contributed by atoms with Gasteiger partial charge >= 0.3 is 0 Å². The Balaban J connectivity index is 1.50. The number of pyridine rings is 1. The summed E-state index contributed by atoms with van der Waals surface area (Å²) in [5.74, 6) is -0.0336. The number of carbonyl (C=O) groups is 1. The molecule has 0 amide bonds. The van der Waals surface area contributed by atoms with E-state index in [0.717, 1.165) is 43.0 Å². The quantitative estimate of drug-likeness (QED) is 0.184. The van der Waals surface area contributed by atoms with Gasteiger partial charge in [-0.15, -0.1) is 0 Å². The first-order valence-electron chi connectivity index (χ1n) is 10.7. The van der Waals surface area contributed by atoms with E-state index in [0.29, 0.717) is 5.56 Å². The molecule has 1 aromatic heterocycles. The number of para-hydroxylation sites is 1. The summed E-state index contributed by atoms with van der Waals surface area (Å²) in [6, 6.07) is 32.0. The first-order valence-corrected chi connectivity index (χ1v) is 11.5. The van der Waals surface area contributed by atoms with Crippen LogP contribution < -0.4 is 0 Å². The van der Waals surface area contributed by atoms with E-state index in [2.05, 4.69) is 46.3 Å². The minimum atomic E-state index is -0.0336. The van der Waals surface area contributed by atoms with Crippen LogP contribution in [-0.2, 0) is 0 Å². The number of allylic oxidation sites excluding steroid dienone is 1. The monoisotopic (exact) mass is 489 g/mol. The second-order valence-electron chi connectivity index (χ2n) is 7.76. The van der Waals surface area contributed by atoms with E-state index in [1.165, 1.54) is 0 Å². The van der Waals surface area contributed by atoms with Crippen LogP contribution in [0.4, 0.5) is 0 Å². The molecule has 0 N–H and O–H groups in total. The average Bonchev–Trinajstić information content (AvgIpc) is 2.86. The molecule has 0 radical (unpaired) electrons. The van der Waals surface area contributed by atoms with Crippen molar-refractivity contribution in [3.8, 4) is 0 Å². The number of halogens is 1. The maximum Gasteiger partial charge on any atom is 0.186 e. The van der Waals surface area contributed by atoms with Crippen LogP contribution in [0.5, 0.6) is 0 Å². The van der Waals surface area contributed by atoms with E-state index in [4.69, 9.17) is 4.98 Å². The number of hydrogen-bond acceptors (Lipinski definition) is 2. The van der Waals surface area contributed by atoms with Crippen LogP contribution in [0, 0.1) is 0 Å². The zero-order valence-corrected chi connectivity index (χ0v) is 19.4. The summed E-state index contributed by atoms with van der Waals surface area (Å²) in [6.07, 6.45) is 7.59. The standard InChI is InChI=1S/C30H20BrNO/c31-24-16-13-21(14-17-24)12-15-23-20-25(32-29-11-4-3-9-27(23)29)18-19-30(33)28-10-5-7-22-6-1-2-8-26(22)28/h1-20H/b15-12+,19-18+. The molecule has 2 nitrogen and oxygen atoms in total. The molecule has 33 heavy (non-hydrogen) atoms. The highest BCUT2D eigenvalue weighted by atomic mass is 79.9. The molecule has 0 aliphatic rings. The number of aromatic nitrogens is 1. The number of fused-ring (bicyclic) bond motifs is 2. The topological polar surface area (TPSA) is 30.0 Å². The van der Waals surface area contributed by atoms with Crippen molar-refractivity contribution in [3.63, 3.8) is 0 Å². The molecule has 0 saturated heterocycles. The lowest BCUT2D eigenvalue weighted by atomic mass is 10.0.